The molecule has 170 valence electrons. The summed E-state index contributed by atoms with van der Waals surface area (Å²) in [4.78, 5) is 51.7. The smallest absolute Gasteiger partial charge is 0.410 e. The first-order chi connectivity index (χ1) is 14.1. The molecule has 0 aromatic carbocycles. The summed E-state index contributed by atoms with van der Waals surface area (Å²) in [6, 6.07) is -0.774. The number of nitrogens with one attached hydrogen (secondary N) is 1. The average molecular weight is 424 g/mol. The number of Topliss-reactive ketones (excluding diaryl/α,β-unsaturated/α-hetero) is 1. The van der Waals surface area contributed by atoms with E-state index in [2.05, 4.69) is 5.32 Å². The van der Waals surface area contributed by atoms with Crippen molar-refractivity contribution in [3.63, 3.8) is 0 Å². The van der Waals surface area contributed by atoms with Crippen LogP contribution >= 0.6 is 0 Å². The standard InChI is InChI=1S/C22H37N3O5/c1-5-18(19(27)20(28)23-11-16-9-7-6-8-10-16)25(15-26)14-17-12-24(13-17)21(29)30-22(2,3)4/h15-18H,5-14H2,1-4H3,(H,23,28). The van der Waals surface area contributed by atoms with Gasteiger partial charge in [0.15, 0.2) is 0 Å². The number of nitrogens with zero attached hydrogens (tertiary/aromatic N) is 2. The maximum Gasteiger partial charge on any atom is 0.410 e. The van der Waals surface area contributed by atoms with Gasteiger partial charge in [0.05, 0.1) is 6.04 Å². The van der Waals surface area contributed by atoms with Gasteiger partial charge in [-0.2, -0.15) is 0 Å². The molecule has 0 radical (unpaired) electrons. The van der Waals surface area contributed by atoms with Gasteiger partial charge in [-0.15, -0.1) is 0 Å². The maximum atomic E-state index is 12.7. The van der Waals surface area contributed by atoms with E-state index in [1.165, 1.54) is 24.2 Å². The minimum atomic E-state index is -0.774. The topological polar surface area (TPSA) is 96.0 Å². The van der Waals surface area contributed by atoms with Crippen LogP contribution in [-0.2, 0) is 19.1 Å². The Kier molecular flexibility index (Phi) is 8.67. The minimum Gasteiger partial charge on any atom is -0.444 e. The quantitative estimate of drug-likeness (QED) is 0.454. The molecule has 2 fully saturated rings. The zero-order chi connectivity index (χ0) is 22.3. The van der Waals surface area contributed by atoms with Crippen molar-refractivity contribution in [1.29, 1.82) is 0 Å². The third-order valence-corrected chi connectivity index (χ3v) is 5.80. The fourth-order valence-electron chi connectivity index (χ4n) is 4.14. The summed E-state index contributed by atoms with van der Waals surface area (Å²) in [5.74, 6) is -0.673. The van der Waals surface area contributed by atoms with Gasteiger partial charge in [0, 0.05) is 32.1 Å². The average Bonchev–Trinajstić information content (AvgIpc) is 2.66. The first-order valence-corrected chi connectivity index (χ1v) is 11.2. The van der Waals surface area contributed by atoms with Crippen LogP contribution in [0.2, 0.25) is 0 Å². The fourth-order valence-corrected chi connectivity index (χ4v) is 4.14. The van der Waals surface area contributed by atoms with Crippen molar-refractivity contribution in [1.82, 2.24) is 15.1 Å². The number of carbonyl (C=O) groups is 4. The zero-order valence-corrected chi connectivity index (χ0v) is 18.8. The number of amides is 3. The first kappa shape index (κ1) is 24.2. The van der Waals surface area contributed by atoms with E-state index >= 15 is 0 Å². The molecule has 2 rings (SSSR count). The summed E-state index contributed by atoms with van der Waals surface area (Å²) in [5.41, 5.74) is -0.554. The molecule has 0 spiro atoms. The molecule has 1 aliphatic heterocycles. The molecule has 0 aromatic heterocycles. The van der Waals surface area contributed by atoms with Crippen LogP contribution in [0.5, 0.6) is 0 Å². The van der Waals surface area contributed by atoms with Gasteiger partial charge in [0.2, 0.25) is 12.2 Å². The van der Waals surface area contributed by atoms with Gasteiger partial charge < -0.3 is 19.9 Å². The highest BCUT2D eigenvalue weighted by Gasteiger charge is 2.37. The lowest BCUT2D eigenvalue weighted by atomic mass is 9.89. The molecule has 30 heavy (non-hydrogen) atoms. The molecule has 8 nitrogen and oxygen atoms in total. The summed E-state index contributed by atoms with van der Waals surface area (Å²) in [5, 5.41) is 2.77. The number of likely N-dealkylation sites (tertiary alicyclic amines) is 1. The number of ether oxygens (including phenoxy) is 1. The lowest BCUT2D eigenvalue weighted by molar-refractivity contribution is -0.143. The first-order valence-electron chi connectivity index (χ1n) is 11.2. The normalized spacial score (nSPS) is 18.9. The molecule has 0 aromatic rings. The molecular weight excluding hydrogens is 386 g/mol. The highest BCUT2D eigenvalue weighted by molar-refractivity contribution is 6.38. The van der Waals surface area contributed by atoms with Crippen LogP contribution in [0.3, 0.4) is 0 Å². The van der Waals surface area contributed by atoms with E-state index in [0.29, 0.717) is 44.9 Å². The van der Waals surface area contributed by atoms with Gasteiger partial charge in [-0.1, -0.05) is 26.2 Å². The summed E-state index contributed by atoms with van der Waals surface area (Å²) < 4.78 is 5.33. The van der Waals surface area contributed by atoms with Crippen LogP contribution in [0.15, 0.2) is 0 Å². The molecular formula is C22H37N3O5. The molecule has 0 bridgehead atoms. The SMILES string of the molecule is CCC(C(=O)C(=O)NCC1CCCCC1)N(C=O)CC1CN(C(=O)OC(C)(C)C)C1. The van der Waals surface area contributed by atoms with Crippen LogP contribution in [-0.4, -0.2) is 71.8 Å². The molecule has 1 aliphatic carbocycles. The van der Waals surface area contributed by atoms with Gasteiger partial charge in [0.1, 0.15) is 5.60 Å². The van der Waals surface area contributed by atoms with Crippen molar-refractivity contribution in [2.24, 2.45) is 11.8 Å². The molecule has 1 unspecified atom stereocenters. The molecule has 8 heteroatoms. The van der Waals surface area contributed by atoms with Gasteiger partial charge in [0.25, 0.3) is 5.91 Å². The Bertz CT molecular complexity index is 619. The van der Waals surface area contributed by atoms with Crippen molar-refractivity contribution in [3.05, 3.63) is 0 Å². The fraction of sp³-hybridized carbons (Fsp3) is 0.818. The Labute approximate surface area is 179 Å². The lowest BCUT2D eigenvalue weighted by Gasteiger charge is -2.42. The Morgan fingerprint density at radius 3 is 2.30 bits per heavy atom. The molecule has 1 saturated carbocycles. The van der Waals surface area contributed by atoms with E-state index in [1.54, 1.807) is 11.8 Å². The predicted octanol–water partition coefficient (Wildman–Crippen LogP) is 2.36. The monoisotopic (exact) mass is 423 g/mol. The number of carbonyl (C=O) groups excluding carboxylic acids is 4. The maximum absolute atomic E-state index is 12.7. The largest absolute Gasteiger partial charge is 0.444 e. The predicted molar refractivity (Wildman–Crippen MR) is 113 cm³/mol. The van der Waals surface area contributed by atoms with Gasteiger partial charge >= 0.3 is 6.09 Å². The van der Waals surface area contributed by atoms with Gasteiger partial charge in [-0.3, -0.25) is 14.4 Å². The van der Waals surface area contributed by atoms with Crippen molar-refractivity contribution < 1.29 is 23.9 Å². The second-order valence-corrected chi connectivity index (χ2v) is 9.56. The summed E-state index contributed by atoms with van der Waals surface area (Å²) >= 11 is 0. The Hall–Kier alpha value is -2.12. The van der Waals surface area contributed by atoms with Crippen LogP contribution in [0, 0.1) is 11.8 Å². The lowest BCUT2D eigenvalue weighted by Crippen LogP contribution is -2.57. The summed E-state index contributed by atoms with van der Waals surface area (Å²) in [6.07, 6.45) is 6.39. The summed E-state index contributed by atoms with van der Waals surface area (Å²) in [7, 11) is 0. The Balaban J connectivity index is 1.81. The van der Waals surface area contributed by atoms with E-state index in [4.69, 9.17) is 4.74 Å². The number of ketones is 1. The van der Waals surface area contributed by atoms with Crippen LogP contribution in [0.4, 0.5) is 4.79 Å². The van der Waals surface area contributed by atoms with Crippen LogP contribution in [0.1, 0.15) is 66.2 Å². The van der Waals surface area contributed by atoms with Crippen LogP contribution < -0.4 is 5.32 Å². The Morgan fingerprint density at radius 2 is 1.77 bits per heavy atom. The second kappa shape index (κ2) is 10.8. The number of hydrogen-bond donors (Lipinski definition) is 1. The van der Waals surface area contributed by atoms with Gasteiger partial charge in [-0.25, -0.2) is 4.79 Å². The van der Waals surface area contributed by atoms with E-state index in [0.717, 1.165) is 12.8 Å². The summed E-state index contributed by atoms with van der Waals surface area (Å²) in [6.45, 7) is 9.03. The second-order valence-electron chi connectivity index (χ2n) is 9.56. The van der Waals surface area contributed by atoms with Crippen LogP contribution in [0.25, 0.3) is 0 Å². The number of hydrogen-bond acceptors (Lipinski definition) is 5. The molecule has 1 saturated heterocycles. The van der Waals surface area contributed by atoms with Crippen molar-refractivity contribution in [2.45, 2.75) is 77.9 Å². The highest BCUT2D eigenvalue weighted by Crippen LogP contribution is 2.23. The van der Waals surface area contributed by atoms with E-state index in [9.17, 15) is 19.2 Å². The van der Waals surface area contributed by atoms with E-state index in [-0.39, 0.29) is 12.0 Å². The minimum absolute atomic E-state index is 0.0647. The number of rotatable bonds is 9. The molecule has 3 amide bonds. The van der Waals surface area contributed by atoms with Crippen molar-refractivity contribution in [3.8, 4) is 0 Å². The van der Waals surface area contributed by atoms with Crippen molar-refractivity contribution >= 4 is 24.2 Å². The van der Waals surface area contributed by atoms with E-state index < -0.39 is 23.3 Å². The molecule has 1 N–H and O–H groups in total. The third-order valence-electron chi connectivity index (χ3n) is 5.80. The Morgan fingerprint density at radius 1 is 1.13 bits per heavy atom. The highest BCUT2D eigenvalue weighted by atomic mass is 16.6. The molecule has 2 aliphatic rings. The van der Waals surface area contributed by atoms with E-state index in [1.807, 2.05) is 20.8 Å². The zero-order valence-electron chi connectivity index (χ0n) is 18.8. The molecule has 1 heterocycles. The molecule has 1 atom stereocenters. The van der Waals surface area contributed by atoms with Crippen molar-refractivity contribution in [2.75, 3.05) is 26.2 Å². The van der Waals surface area contributed by atoms with Gasteiger partial charge in [-0.05, 0) is 46.0 Å². The third kappa shape index (κ3) is 6.99.